The highest BCUT2D eigenvalue weighted by Gasteiger charge is 2.27. The van der Waals surface area contributed by atoms with Crippen LogP contribution in [0.4, 0.5) is 5.69 Å². The summed E-state index contributed by atoms with van der Waals surface area (Å²) in [5, 5.41) is 2.77. The van der Waals surface area contributed by atoms with Crippen LogP contribution in [0.5, 0.6) is 0 Å². The van der Waals surface area contributed by atoms with E-state index >= 15 is 0 Å². The van der Waals surface area contributed by atoms with Crippen LogP contribution < -0.4 is 11.1 Å². The molecule has 0 aliphatic carbocycles. The fourth-order valence-electron chi connectivity index (χ4n) is 3.49. The maximum atomic E-state index is 12.9. The van der Waals surface area contributed by atoms with Gasteiger partial charge in [0.15, 0.2) is 0 Å². The van der Waals surface area contributed by atoms with Crippen molar-refractivity contribution in [3.05, 3.63) is 58.7 Å². The van der Waals surface area contributed by atoms with Crippen LogP contribution in [0.15, 0.2) is 41.3 Å². The second-order valence-corrected chi connectivity index (χ2v) is 9.18. The van der Waals surface area contributed by atoms with Gasteiger partial charge in [0.25, 0.3) is 5.91 Å². The summed E-state index contributed by atoms with van der Waals surface area (Å²) < 4.78 is 27.4. The first-order chi connectivity index (χ1) is 13.7. The lowest BCUT2D eigenvalue weighted by Crippen LogP contribution is -2.35. The molecule has 0 atom stereocenters. The fraction of sp³-hybridized carbons (Fsp3) is 0.333. The number of sulfonamides is 1. The normalized spacial score (nSPS) is 15.1. The summed E-state index contributed by atoms with van der Waals surface area (Å²) in [5.74, 6) is -1.02. The average molecular weight is 416 g/mol. The summed E-state index contributed by atoms with van der Waals surface area (Å²) in [5.41, 5.74) is 7.62. The Morgan fingerprint density at radius 3 is 2.34 bits per heavy atom. The molecule has 29 heavy (non-hydrogen) atoms. The standard InChI is InChI=1S/C21H25N3O4S/c1-14-9-10-16(29(27,28)24-11-4-3-5-12-24)13-18(14)21(26)23-19-8-6-7-17(15(19)2)20(22)25/h6-10,13H,3-5,11-12H2,1-2H3,(H2,22,25)(H,23,26). The van der Waals surface area contributed by atoms with Crippen molar-refractivity contribution in [1.29, 1.82) is 0 Å². The lowest BCUT2D eigenvalue weighted by atomic mass is 10.0. The molecule has 1 aliphatic heterocycles. The quantitative estimate of drug-likeness (QED) is 0.782. The molecule has 2 amide bonds. The van der Waals surface area contributed by atoms with Crippen LogP contribution in [0, 0.1) is 13.8 Å². The number of amides is 2. The maximum absolute atomic E-state index is 12.9. The van der Waals surface area contributed by atoms with Gasteiger partial charge >= 0.3 is 0 Å². The van der Waals surface area contributed by atoms with E-state index in [0.29, 0.717) is 35.5 Å². The number of piperidine rings is 1. The molecule has 1 aliphatic rings. The first-order valence-electron chi connectivity index (χ1n) is 9.53. The predicted octanol–water partition coefficient (Wildman–Crippen LogP) is 2.83. The zero-order valence-corrected chi connectivity index (χ0v) is 17.4. The molecule has 0 spiro atoms. The van der Waals surface area contributed by atoms with E-state index in [0.717, 1.165) is 19.3 Å². The van der Waals surface area contributed by atoms with Gasteiger partial charge in [0.1, 0.15) is 0 Å². The number of rotatable bonds is 5. The summed E-state index contributed by atoms with van der Waals surface area (Å²) in [6, 6.07) is 9.48. The molecular formula is C21H25N3O4S. The van der Waals surface area contributed by atoms with Gasteiger partial charge in [0, 0.05) is 29.9 Å². The molecule has 8 heteroatoms. The van der Waals surface area contributed by atoms with Gasteiger partial charge in [-0.2, -0.15) is 4.31 Å². The van der Waals surface area contributed by atoms with Crippen molar-refractivity contribution in [3.8, 4) is 0 Å². The number of aryl methyl sites for hydroxylation is 1. The van der Waals surface area contributed by atoms with Gasteiger partial charge in [-0.1, -0.05) is 18.6 Å². The van der Waals surface area contributed by atoms with E-state index in [9.17, 15) is 18.0 Å². The van der Waals surface area contributed by atoms with Gasteiger partial charge in [-0.25, -0.2) is 8.42 Å². The number of carbonyl (C=O) groups excluding carboxylic acids is 2. The second kappa shape index (κ2) is 8.34. The van der Waals surface area contributed by atoms with E-state index in [1.165, 1.54) is 16.4 Å². The van der Waals surface area contributed by atoms with E-state index in [2.05, 4.69) is 5.32 Å². The lowest BCUT2D eigenvalue weighted by molar-refractivity contribution is 0.0995. The zero-order chi connectivity index (χ0) is 21.2. The Bertz CT molecular complexity index is 1060. The maximum Gasteiger partial charge on any atom is 0.255 e. The van der Waals surface area contributed by atoms with Crippen LogP contribution in [-0.2, 0) is 10.0 Å². The molecule has 3 rings (SSSR count). The average Bonchev–Trinajstić information content (AvgIpc) is 2.70. The van der Waals surface area contributed by atoms with Crippen molar-refractivity contribution in [2.45, 2.75) is 38.0 Å². The molecule has 0 aromatic heterocycles. The van der Waals surface area contributed by atoms with Crippen molar-refractivity contribution >= 4 is 27.5 Å². The zero-order valence-electron chi connectivity index (χ0n) is 16.6. The smallest absolute Gasteiger partial charge is 0.255 e. The molecule has 1 saturated heterocycles. The summed E-state index contributed by atoms with van der Waals surface area (Å²) in [7, 11) is -3.64. The van der Waals surface area contributed by atoms with Gasteiger partial charge in [-0.3, -0.25) is 9.59 Å². The third kappa shape index (κ3) is 4.33. The molecule has 1 fully saturated rings. The van der Waals surface area contributed by atoms with Crippen LogP contribution >= 0.6 is 0 Å². The van der Waals surface area contributed by atoms with Crippen LogP contribution in [0.1, 0.15) is 51.1 Å². The van der Waals surface area contributed by atoms with E-state index < -0.39 is 21.8 Å². The summed E-state index contributed by atoms with van der Waals surface area (Å²) in [6.07, 6.45) is 2.71. The molecule has 1 heterocycles. The Morgan fingerprint density at radius 2 is 1.69 bits per heavy atom. The van der Waals surface area contributed by atoms with E-state index in [-0.39, 0.29) is 10.5 Å². The number of benzene rings is 2. The number of anilines is 1. The Labute approximate surface area is 171 Å². The minimum atomic E-state index is -3.64. The minimum Gasteiger partial charge on any atom is -0.366 e. The summed E-state index contributed by atoms with van der Waals surface area (Å²) >= 11 is 0. The third-order valence-corrected chi connectivity index (χ3v) is 7.15. The fourth-order valence-corrected chi connectivity index (χ4v) is 5.03. The van der Waals surface area contributed by atoms with Gasteiger partial charge in [0.2, 0.25) is 15.9 Å². The Kier molecular flexibility index (Phi) is 6.04. The highest BCUT2D eigenvalue weighted by Crippen LogP contribution is 2.24. The minimum absolute atomic E-state index is 0.109. The molecule has 0 saturated carbocycles. The molecule has 0 radical (unpaired) electrons. The number of nitrogens with two attached hydrogens (primary N) is 1. The summed E-state index contributed by atoms with van der Waals surface area (Å²) in [6.45, 7) is 4.44. The lowest BCUT2D eigenvalue weighted by Gasteiger charge is -2.26. The molecule has 0 unspecified atom stereocenters. The van der Waals surface area contributed by atoms with Crippen LogP contribution in [-0.4, -0.2) is 37.6 Å². The van der Waals surface area contributed by atoms with E-state index in [4.69, 9.17) is 5.73 Å². The first kappa shape index (κ1) is 21.0. The van der Waals surface area contributed by atoms with Crippen molar-refractivity contribution < 1.29 is 18.0 Å². The van der Waals surface area contributed by atoms with Crippen LogP contribution in [0.25, 0.3) is 0 Å². The molecular weight excluding hydrogens is 390 g/mol. The van der Waals surface area contributed by atoms with Crippen molar-refractivity contribution in [2.75, 3.05) is 18.4 Å². The second-order valence-electron chi connectivity index (χ2n) is 7.24. The van der Waals surface area contributed by atoms with E-state index in [1.54, 1.807) is 38.1 Å². The Morgan fingerprint density at radius 1 is 1.00 bits per heavy atom. The van der Waals surface area contributed by atoms with Gasteiger partial charge in [-0.15, -0.1) is 0 Å². The van der Waals surface area contributed by atoms with Crippen molar-refractivity contribution in [1.82, 2.24) is 4.31 Å². The highest BCUT2D eigenvalue weighted by atomic mass is 32.2. The number of nitrogens with one attached hydrogen (secondary N) is 1. The Hall–Kier alpha value is -2.71. The Balaban J connectivity index is 1.91. The van der Waals surface area contributed by atoms with Crippen molar-refractivity contribution in [3.63, 3.8) is 0 Å². The predicted molar refractivity (Wildman–Crippen MR) is 111 cm³/mol. The van der Waals surface area contributed by atoms with Gasteiger partial charge < -0.3 is 11.1 Å². The SMILES string of the molecule is Cc1ccc(S(=O)(=O)N2CCCCC2)cc1C(=O)Nc1cccc(C(N)=O)c1C. The molecule has 0 bridgehead atoms. The molecule has 3 N–H and O–H groups in total. The first-order valence-corrected chi connectivity index (χ1v) is 11.0. The van der Waals surface area contributed by atoms with Crippen molar-refractivity contribution in [2.24, 2.45) is 5.73 Å². The number of hydrogen-bond donors (Lipinski definition) is 2. The summed E-state index contributed by atoms with van der Waals surface area (Å²) in [4.78, 5) is 24.5. The topological polar surface area (TPSA) is 110 Å². The number of carbonyl (C=O) groups is 2. The number of primary amides is 1. The highest BCUT2D eigenvalue weighted by molar-refractivity contribution is 7.89. The third-order valence-electron chi connectivity index (χ3n) is 5.25. The number of nitrogens with zero attached hydrogens (tertiary/aromatic N) is 1. The molecule has 7 nitrogen and oxygen atoms in total. The molecule has 154 valence electrons. The van der Waals surface area contributed by atoms with Gasteiger partial charge in [-0.05, 0) is 62.1 Å². The number of hydrogen-bond acceptors (Lipinski definition) is 4. The van der Waals surface area contributed by atoms with E-state index in [1.807, 2.05) is 0 Å². The van der Waals surface area contributed by atoms with Gasteiger partial charge in [0.05, 0.1) is 4.90 Å². The van der Waals surface area contributed by atoms with Crippen LogP contribution in [0.3, 0.4) is 0 Å². The van der Waals surface area contributed by atoms with Crippen LogP contribution in [0.2, 0.25) is 0 Å². The monoisotopic (exact) mass is 415 g/mol. The molecule has 2 aromatic rings. The largest absolute Gasteiger partial charge is 0.366 e. The molecule has 2 aromatic carbocycles.